The molecule has 2 N–H and O–H groups in total. The minimum Gasteiger partial charge on any atom is -0.350 e. The van der Waals surface area contributed by atoms with Gasteiger partial charge in [0.2, 0.25) is 10.0 Å². The summed E-state index contributed by atoms with van der Waals surface area (Å²) in [6.45, 7) is 2.24. The number of rotatable bonds is 8. The maximum absolute atomic E-state index is 13.1. The molecule has 0 bridgehead atoms. The molecule has 0 aromatic heterocycles. The zero-order valence-electron chi connectivity index (χ0n) is 15.6. The summed E-state index contributed by atoms with van der Waals surface area (Å²) in [5.74, 6) is -0.698. The van der Waals surface area contributed by atoms with E-state index in [1.54, 1.807) is 25.1 Å². The fourth-order valence-electron chi connectivity index (χ4n) is 2.65. The quantitative estimate of drug-likeness (QED) is 0.720. The van der Waals surface area contributed by atoms with Gasteiger partial charge in [0.1, 0.15) is 5.82 Å². The number of likely N-dealkylation sites (N-methyl/N-ethyl adjacent to an activating group) is 1. The fourth-order valence-corrected chi connectivity index (χ4v) is 3.74. The van der Waals surface area contributed by atoms with E-state index in [4.69, 9.17) is 0 Å². The number of benzene rings is 2. The highest BCUT2D eigenvalue weighted by Crippen LogP contribution is 2.18. The van der Waals surface area contributed by atoms with E-state index in [2.05, 4.69) is 10.0 Å². The number of sulfonamides is 1. The average molecular weight is 393 g/mol. The molecular weight excluding hydrogens is 369 g/mol. The molecule has 0 aliphatic rings. The molecule has 6 nitrogen and oxygen atoms in total. The largest absolute Gasteiger partial charge is 0.350 e. The Morgan fingerprint density at radius 1 is 1.15 bits per heavy atom. The summed E-state index contributed by atoms with van der Waals surface area (Å²) in [7, 11) is 0.0979. The molecule has 1 amide bonds. The number of hydrogen-bond donors (Lipinski definition) is 2. The van der Waals surface area contributed by atoms with Gasteiger partial charge in [-0.25, -0.2) is 17.5 Å². The highest BCUT2D eigenvalue weighted by molar-refractivity contribution is 7.89. The summed E-state index contributed by atoms with van der Waals surface area (Å²) in [5, 5.41) is 2.81. The van der Waals surface area contributed by atoms with E-state index in [1.165, 1.54) is 30.3 Å². The molecule has 2 rings (SSSR count). The molecule has 2 aromatic carbocycles. The van der Waals surface area contributed by atoms with Crippen molar-refractivity contribution in [2.45, 2.75) is 17.9 Å². The van der Waals surface area contributed by atoms with Gasteiger partial charge in [-0.1, -0.05) is 25.1 Å². The molecule has 1 unspecified atom stereocenters. The number of amides is 1. The van der Waals surface area contributed by atoms with E-state index < -0.39 is 10.0 Å². The second-order valence-electron chi connectivity index (χ2n) is 6.27. The molecule has 0 aliphatic carbocycles. The minimum atomic E-state index is -3.63. The third-order valence-corrected chi connectivity index (χ3v) is 5.62. The second-order valence-corrected chi connectivity index (χ2v) is 8.04. The van der Waals surface area contributed by atoms with E-state index in [0.29, 0.717) is 6.54 Å². The highest BCUT2D eigenvalue weighted by Gasteiger charge is 2.18. The first-order valence-electron chi connectivity index (χ1n) is 8.54. The molecule has 146 valence electrons. The Labute approximate surface area is 159 Å². The second kappa shape index (κ2) is 9.07. The monoisotopic (exact) mass is 393 g/mol. The van der Waals surface area contributed by atoms with Gasteiger partial charge in [-0.2, -0.15) is 0 Å². The van der Waals surface area contributed by atoms with Crippen LogP contribution in [0.15, 0.2) is 53.4 Å². The van der Waals surface area contributed by atoms with E-state index >= 15 is 0 Å². The van der Waals surface area contributed by atoms with Crippen LogP contribution < -0.4 is 10.0 Å². The van der Waals surface area contributed by atoms with Crippen LogP contribution in [0.5, 0.6) is 0 Å². The SMILES string of the molecule is CCNS(=O)(=O)c1cccc(C(=O)NCC(c2ccc(F)cc2)N(C)C)c1. The Kier molecular flexibility index (Phi) is 7.06. The van der Waals surface area contributed by atoms with Gasteiger partial charge >= 0.3 is 0 Å². The number of nitrogens with zero attached hydrogens (tertiary/aromatic N) is 1. The Balaban J connectivity index is 2.13. The van der Waals surface area contributed by atoms with Crippen molar-refractivity contribution in [3.8, 4) is 0 Å². The van der Waals surface area contributed by atoms with E-state index in [1.807, 2.05) is 19.0 Å². The lowest BCUT2D eigenvalue weighted by atomic mass is 10.1. The molecule has 8 heteroatoms. The smallest absolute Gasteiger partial charge is 0.251 e. The van der Waals surface area contributed by atoms with Gasteiger partial charge in [0.15, 0.2) is 0 Å². The fraction of sp³-hybridized carbons (Fsp3) is 0.316. The number of carbonyl (C=O) groups is 1. The zero-order valence-corrected chi connectivity index (χ0v) is 16.4. The number of halogens is 1. The van der Waals surface area contributed by atoms with Crippen LogP contribution in [-0.4, -0.2) is 46.4 Å². The lowest BCUT2D eigenvalue weighted by Crippen LogP contribution is -2.34. The summed E-state index contributed by atoms with van der Waals surface area (Å²) in [6.07, 6.45) is 0. The van der Waals surface area contributed by atoms with Crippen molar-refractivity contribution in [1.29, 1.82) is 0 Å². The summed E-state index contributed by atoms with van der Waals surface area (Å²) in [5.41, 5.74) is 1.12. The first kappa shape index (κ1) is 21.0. The molecular formula is C19H24FN3O3S. The van der Waals surface area contributed by atoms with Gasteiger partial charge in [0.25, 0.3) is 5.91 Å². The molecule has 0 spiro atoms. The number of hydrogen-bond acceptors (Lipinski definition) is 4. The van der Waals surface area contributed by atoms with Gasteiger partial charge in [-0.3, -0.25) is 4.79 Å². The molecule has 0 radical (unpaired) electrons. The Hall–Kier alpha value is -2.29. The van der Waals surface area contributed by atoms with Crippen molar-refractivity contribution in [3.63, 3.8) is 0 Å². The van der Waals surface area contributed by atoms with Gasteiger partial charge < -0.3 is 10.2 Å². The topological polar surface area (TPSA) is 78.5 Å². The molecule has 0 aliphatic heterocycles. The normalized spacial score (nSPS) is 12.8. The van der Waals surface area contributed by atoms with Crippen molar-refractivity contribution >= 4 is 15.9 Å². The van der Waals surface area contributed by atoms with E-state index in [9.17, 15) is 17.6 Å². The summed E-state index contributed by atoms with van der Waals surface area (Å²) in [6, 6.07) is 11.8. The minimum absolute atomic E-state index is 0.0414. The Morgan fingerprint density at radius 2 is 1.81 bits per heavy atom. The predicted molar refractivity (Wildman–Crippen MR) is 102 cm³/mol. The van der Waals surface area contributed by atoms with Crippen molar-refractivity contribution in [2.75, 3.05) is 27.2 Å². The standard InChI is InChI=1S/C19H24FN3O3S/c1-4-22-27(25,26)17-7-5-6-15(12-17)19(24)21-13-18(23(2)3)14-8-10-16(20)11-9-14/h5-12,18,22H,4,13H2,1-3H3,(H,21,24). The third kappa shape index (κ3) is 5.59. The number of carbonyl (C=O) groups excluding carboxylic acids is 1. The van der Waals surface area contributed by atoms with Crippen molar-refractivity contribution in [2.24, 2.45) is 0 Å². The van der Waals surface area contributed by atoms with Crippen LogP contribution in [0.25, 0.3) is 0 Å². The maximum Gasteiger partial charge on any atom is 0.251 e. The Morgan fingerprint density at radius 3 is 2.41 bits per heavy atom. The van der Waals surface area contributed by atoms with E-state index in [-0.39, 0.29) is 34.8 Å². The molecule has 1 atom stereocenters. The number of nitrogens with one attached hydrogen (secondary N) is 2. The van der Waals surface area contributed by atoms with Crippen LogP contribution in [0.3, 0.4) is 0 Å². The lowest BCUT2D eigenvalue weighted by Gasteiger charge is -2.25. The van der Waals surface area contributed by atoms with Crippen molar-refractivity contribution < 1.29 is 17.6 Å². The van der Waals surface area contributed by atoms with Crippen molar-refractivity contribution in [3.05, 3.63) is 65.5 Å². The first-order valence-corrected chi connectivity index (χ1v) is 10.0. The van der Waals surface area contributed by atoms with Crippen LogP contribution in [0.2, 0.25) is 0 Å². The molecule has 0 fully saturated rings. The van der Waals surface area contributed by atoms with Crippen molar-refractivity contribution in [1.82, 2.24) is 14.9 Å². The van der Waals surface area contributed by atoms with E-state index in [0.717, 1.165) is 5.56 Å². The summed E-state index contributed by atoms with van der Waals surface area (Å²) >= 11 is 0. The lowest BCUT2D eigenvalue weighted by molar-refractivity contribution is 0.0941. The first-order chi connectivity index (χ1) is 12.7. The molecule has 27 heavy (non-hydrogen) atoms. The molecule has 0 saturated heterocycles. The van der Waals surface area contributed by atoms with Gasteiger partial charge in [0, 0.05) is 18.7 Å². The average Bonchev–Trinajstić information content (AvgIpc) is 2.63. The zero-order chi connectivity index (χ0) is 20.0. The van der Waals surface area contributed by atoms with Gasteiger partial charge in [-0.15, -0.1) is 0 Å². The van der Waals surface area contributed by atoms with Gasteiger partial charge in [0.05, 0.1) is 10.9 Å². The Bertz CT molecular complexity index is 883. The molecule has 2 aromatic rings. The highest BCUT2D eigenvalue weighted by atomic mass is 32.2. The van der Waals surface area contributed by atoms with Crippen LogP contribution in [-0.2, 0) is 10.0 Å². The van der Waals surface area contributed by atoms with Crippen LogP contribution in [0, 0.1) is 5.82 Å². The molecule has 0 saturated carbocycles. The predicted octanol–water partition coefficient (Wildman–Crippen LogP) is 2.16. The molecule has 0 heterocycles. The van der Waals surface area contributed by atoms with Crippen LogP contribution in [0.4, 0.5) is 4.39 Å². The van der Waals surface area contributed by atoms with Gasteiger partial charge in [-0.05, 0) is 50.0 Å². The van der Waals surface area contributed by atoms with Crippen LogP contribution in [0.1, 0.15) is 28.9 Å². The summed E-state index contributed by atoms with van der Waals surface area (Å²) in [4.78, 5) is 14.4. The maximum atomic E-state index is 13.1. The summed E-state index contributed by atoms with van der Waals surface area (Å²) < 4.78 is 39.7. The van der Waals surface area contributed by atoms with Crippen LogP contribution >= 0.6 is 0 Å². The third-order valence-electron chi connectivity index (χ3n) is 4.07.